The molecule has 0 fully saturated rings. The number of carbonyl (C=O) groups is 1. The van der Waals surface area contributed by atoms with Crippen molar-refractivity contribution in [1.82, 2.24) is 0 Å². The van der Waals surface area contributed by atoms with Crippen LogP contribution in [0, 0.1) is 0 Å². The van der Waals surface area contributed by atoms with E-state index in [4.69, 9.17) is 18.0 Å². The molecular formula is C23H46O5Si. The van der Waals surface area contributed by atoms with E-state index < -0.39 is 20.5 Å². The van der Waals surface area contributed by atoms with Crippen LogP contribution in [0.3, 0.4) is 0 Å². The summed E-state index contributed by atoms with van der Waals surface area (Å²) in [5.41, 5.74) is -0.133. The molecule has 0 aliphatic carbocycles. The Morgan fingerprint density at radius 2 is 1.14 bits per heavy atom. The second-order valence-corrected chi connectivity index (χ2v) is 11.0. The Morgan fingerprint density at radius 1 is 0.759 bits per heavy atom. The van der Waals surface area contributed by atoms with Gasteiger partial charge in [0, 0.05) is 26.9 Å². The molecule has 0 rings (SSSR count). The first-order valence-electron chi connectivity index (χ1n) is 11.5. The van der Waals surface area contributed by atoms with E-state index in [-0.39, 0.29) is 0 Å². The molecule has 0 saturated carbocycles. The van der Waals surface area contributed by atoms with Crippen LogP contribution >= 0.6 is 0 Å². The molecule has 1 unspecified atom stereocenters. The summed E-state index contributed by atoms with van der Waals surface area (Å²) in [4.78, 5) is 12.0. The van der Waals surface area contributed by atoms with Crippen LogP contribution in [0.2, 0.25) is 0 Å². The first kappa shape index (κ1) is 28.3. The van der Waals surface area contributed by atoms with Gasteiger partial charge in [-0.1, -0.05) is 90.6 Å². The van der Waals surface area contributed by atoms with Gasteiger partial charge in [0.25, 0.3) is 0 Å². The average molecular weight is 431 g/mol. The first-order valence-corrected chi connectivity index (χ1v) is 13.3. The maximum atomic E-state index is 12.0. The van der Waals surface area contributed by atoms with Crippen molar-refractivity contribution < 1.29 is 22.8 Å². The molecule has 172 valence electrons. The van der Waals surface area contributed by atoms with Gasteiger partial charge in [0.15, 0.2) is 5.73 Å². The van der Waals surface area contributed by atoms with Gasteiger partial charge in [0.2, 0.25) is 0 Å². The number of hydrogen-bond acceptors (Lipinski definition) is 5. The largest absolute Gasteiger partial charge is 0.543 e. The minimum absolute atomic E-state index is 0.367. The second kappa shape index (κ2) is 18.1. The second-order valence-electron chi connectivity index (χ2n) is 7.92. The molecule has 6 heteroatoms. The van der Waals surface area contributed by atoms with Crippen molar-refractivity contribution in [2.45, 2.75) is 109 Å². The molecule has 0 saturated heterocycles. The van der Waals surface area contributed by atoms with Gasteiger partial charge in [-0.25, -0.2) is 4.79 Å². The van der Waals surface area contributed by atoms with E-state index in [1.54, 1.807) is 28.3 Å². The Labute approximate surface area is 180 Å². The summed E-state index contributed by atoms with van der Waals surface area (Å²) in [6, 6.07) is 0. The topological polar surface area (TPSA) is 54.0 Å². The van der Waals surface area contributed by atoms with E-state index in [0.717, 1.165) is 12.8 Å². The van der Waals surface area contributed by atoms with Gasteiger partial charge in [-0.15, -0.1) is 0 Å². The number of rotatable bonds is 20. The van der Waals surface area contributed by atoms with Crippen molar-refractivity contribution in [3.63, 3.8) is 0 Å². The van der Waals surface area contributed by atoms with E-state index in [1.807, 2.05) is 0 Å². The molecule has 0 N–H and O–H groups in total. The minimum Gasteiger partial charge on any atom is -0.454 e. The third-order valence-corrected chi connectivity index (χ3v) is 8.32. The number of carbonyl (C=O) groups excluding carboxylic acids is 1. The average Bonchev–Trinajstić information content (AvgIpc) is 2.72. The molecule has 0 spiro atoms. The van der Waals surface area contributed by atoms with Gasteiger partial charge in [0.05, 0.1) is 0 Å². The van der Waals surface area contributed by atoms with Crippen molar-refractivity contribution in [3.8, 4) is 0 Å². The highest BCUT2D eigenvalue weighted by Crippen LogP contribution is 2.22. The fourth-order valence-corrected chi connectivity index (χ4v) is 5.63. The van der Waals surface area contributed by atoms with Crippen LogP contribution in [0.25, 0.3) is 0 Å². The lowest BCUT2D eigenvalue weighted by atomic mass is 10.0. The SMILES string of the molecule is C=C(C)C(=O)OC(CCCCCCCCCCCCCCC)[Si](OC)(OC)OC. The Bertz CT molecular complexity index is 415. The standard InChI is InChI=1S/C23H46O5Si/c1-7-8-9-10-11-12-13-14-15-16-17-18-19-20-22(28-23(24)21(2)3)29(25-4,26-5)27-6/h22H,2,7-20H2,1,3-6H3. The highest BCUT2D eigenvalue weighted by molar-refractivity contribution is 6.62. The summed E-state index contributed by atoms with van der Waals surface area (Å²) < 4.78 is 22.2. The van der Waals surface area contributed by atoms with Gasteiger partial charge in [-0.05, 0) is 19.8 Å². The van der Waals surface area contributed by atoms with E-state index in [2.05, 4.69) is 13.5 Å². The minimum atomic E-state index is -3.04. The maximum absolute atomic E-state index is 12.0. The van der Waals surface area contributed by atoms with Crippen molar-refractivity contribution in [1.29, 1.82) is 0 Å². The molecule has 1 atom stereocenters. The molecule has 0 aromatic carbocycles. The van der Waals surface area contributed by atoms with Crippen LogP contribution < -0.4 is 0 Å². The Hall–Kier alpha value is -0.693. The zero-order valence-corrected chi connectivity index (χ0v) is 20.7. The third-order valence-electron chi connectivity index (χ3n) is 5.42. The normalized spacial score (nSPS) is 12.7. The third kappa shape index (κ3) is 12.6. The lowest BCUT2D eigenvalue weighted by Gasteiger charge is -2.31. The molecule has 29 heavy (non-hydrogen) atoms. The van der Waals surface area contributed by atoms with Gasteiger partial charge >= 0.3 is 14.8 Å². The molecule has 0 amide bonds. The van der Waals surface area contributed by atoms with Crippen molar-refractivity contribution in [2.75, 3.05) is 21.3 Å². The molecule has 0 aliphatic heterocycles. The quantitative estimate of drug-likeness (QED) is 0.0971. The molecule has 0 radical (unpaired) electrons. The monoisotopic (exact) mass is 430 g/mol. The Morgan fingerprint density at radius 3 is 1.48 bits per heavy atom. The summed E-state index contributed by atoms with van der Waals surface area (Å²) in [7, 11) is 1.60. The van der Waals surface area contributed by atoms with Crippen molar-refractivity contribution in [2.24, 2.45) is 0 Å². The van der Waals surface area contributed by atoms with Gasteiger partial charge in [0.1, 0.15) is 0 Å². The van der Waals surface area contributed by atoms with E-state index >= 15 is 0 Å². The molecule has 0 aromatic rings. The number of ether oxygens (including phenoxy) is 1. The molecular weight excluding hydrogens is 384 g/mol. The number of esters is 1. The first-order chi connectivity index (χ1) is 14.0. The van der Waals surface area contributed by atoms with Crippen LogP contribution in [0.1, 0.15) is 104 Å². The van der Waals surface area contributed by atoms with Gasteiger partial charge in [-0.2, -0.15) is 0 Å². The predicted molar refractivity (Wildman–Crippen MR) is 122 cm³/mol. The molecule has 0 heterocycles. The van der Waals surface area contributed by atoms with Crippen LogP contribution in [0.4, 0.5) is 0 Å². The highest BCUT2D eigenvalue weighted by atomic mass is 28.4. The number of unbranched alkanes of at least 4 members (excludes halogenated alkanes) is 12. The summed E-state index contributed by atoms with van der Waals surface area (Å²) in [6.45, 7) is 7.56. The van der Waals surface area contributed by atoms with Crippen LogP contribution in [0.15, 0.2) is 12.2 Å². The summed E-state index contributed by atoms with van der Waals surface area (Å²) in [6.07, 6.45) is 17.6. The Balaban J connectivity index is 4.05. The smallest absolute Gasteiger partial charge is 0.454 e. The zero-order chi connectivity index (χ0) is 22.0. The van der Waals surface area contributed by atoms with E-state index in [1.165, 1.54) is 70.6 Å². The van der Waals surface area contributed by atoms with Gasteiger partial charge in [-0.3, -0.25) is 0 Å². The predicted octanol–water partition coefficient (Wildman–Crippen LogP) is 6.37. The highest BCUT2D eigenvalue weighted by Gasteiger charge is 2.50. The van der Waals surface area contributed by atoms with Gasteiger partial charge < -0.3 is 18.0 Å². The molecule has 0 aliphatic rings. The van der Waals surface area contributed by atoms with Crippen molar-refractivity contribution in [3.05, 3.63) is 12.2 Å². The molecule has 5 nitrogen and oxygen atoms in total. The van der Waals surface area contributed by atoms with E-state index in [0.29, 0.717) is 12.0 Å². The van der Waals surface area contributed by atoms with Crippen LogP contribution in [0.5, 0.6) is 0 Å². The zero-order valence-electron chi connectivity index (χ0n) is 19.7. The summed E-state index contributed by atoms with van der Waals surface area (Å²) >= 11 is 0. The lowest BCUT2D eigenvalue weighted by Crippen LogP contribution is -2.56. The summed E-state index contributed by atoms with van der Waals surface area (Å²) in [5, 5.41) is 0. The lowest BCUT2D eigenvalue weighted by molar-refractivity contribution is -0.144. The van der Waals surface area contributed by atoms with Crippen LogP contribution in [-0.2, 0) is 22.8 Å². The van der Waals surface area contributed by atoms with Crippen LogP contribution in [-0.4, -0.2) is 41.8 Å². The molecule has 0 aromatic heterocycles. The fraction of sp³-hybridized carbons (Fsp3) is 0.870. The number of hydrogen-bond donors (Lipinski definition) is 0. The van der Waals surface area contributed by atoms with E-state index in [9.17, 15) is 4.79 Å². The Kier molecular flexibility index (Phi) is 17.7. The fourth-order valence-electron chi connectivity index (χ4n) is 3.53. The molecule has 0 bridgehead atoms. The maximum Gasteiger partial charge on any atom is 0.543 e. The summed E-state index contributed by atoms with van der Waals surface area (Å²) in [5.74, 6) is -0.423. The van der Waals surface area contributed by atoms with Crippen molar-refractivity contribution >= 4 is 14.8 Å².